The van der Waals surface area contributed by atoms with E-state index in [4.69, 9.17) is 16.3 Å². The Labute approximate surface area is 171 Å². The summed E-state index contributed by atoms with van der Waals surface area (Å²) in [5, 5.41) is 3.46. The molecular weight excluding hydrogens is 376 g/mol. The van der Waals surface area contributed by atoms with E-state index in [2.05, 4.69) is 5.32 Å². The van der Waals surface area contributed by atoms with Crippen molar-refractivity contribution >= 4 is 23.4 Å². The molecule has 1 atom stereocenters. The fraction of sp³-hybridized carbons (Fsp3) is 0.364. The molecular formula is C22H27ClN2O3. The van der Waals surface area contributed by atoms with E-state index in [-0.39, 0.29) is 18.4 Å². The average molecular weight is 403 g/mol. The molecule has 2 rings (SSSR count). The van der Waals surface area contributed by atoms with Crippen molar-refractivity contribution in [3.8, 4) is 5.75 Å². The first-order valence-electron chi connectivity index (χ1n) is 9.46. The number of rotatable bonds is 9. The van der Waals surface area contributed by atoms with Crippen molar-refractivity contribution in [2.75, 3.05) is 13.2 Å². The highest BCUT2D eigenvalue weighted by Crippen LogP contribution is 2.21. The second-order valence-electron chi connectivity index (χ2n) is 6.53. The van der Waals surface area contributed by atoms with Gasteiger partial charge >= 0.3 is 0 Å². The van der Waals surface area contributed by atoms with Crippen molar-refractivity contribution in [1.29, 1.82) is 0 Å². The lowest BCUT2D eigenvalue weighted by Gasteiger charge is -2.30. The van der Waals surface area contributed by atoms with Gasteiger partial charge in [0.1, 0.15) is 11.8 Å². The number of likely N-dealkylation sites (N-methyl/N-ethyl adjacent to an activating group) is 1. The lowest BCUT2D eigenvalue weighted by atomic mass is 10.1. The Kier molecular flexibility index (Phi) is 8.33. The van der Waals surface area contributed by atoms with Gasteiger partial charge in [0.05, 0.1) is 0 Å². The van der Waals surface area contributed by atoms with Crippen LogP contribution in [0.2, 0.25) is 5.02 Å². The molecule has 0 fully saturated rings. The van der Waals surface area contributed by atoms with Gasteiger partial charge < -0.3 is 15.0 Å². The Balaban J connectivity index is 2.17. The monoisotopic (exact) mass is 402 g/mol. The molecule has 0 aromatic heterocycles. The Bertz CT molecular complexity index is 796. The molecule has 1 N–H and O–H groups in total. The molecule has 28 heavy (non-hydrogen) atoms. The van der Waals surface area contributed by atoms with E-state index in [1.807, 2.05) is 51.1 Å². The summed E-state index contributed by atoms with van der Waals surface area (Å²) >= 11 is 6.03. The third-order valence-electron chi connectivity index (χ3n) is 4.42. The number of nitrogens with one attached hydrogen (secondary N) is 1. The van der Waals surface area contributed by atoms with E-state index in [0.29, 0.717) is 30.3 Å². The number of ether oxygens (including phenoxy) is 1. The van der Waals surface area contributed by atoms with Crippen molar-refractivity contribution in [2.45, 2.75) is 39.8 Å². The van der Waals surface area contributed by atoms with E-state index in [0.717, 1.165) is 11.1 Å². The Morgan fingerprint density at radius 1 is 1.14 bits per heavy atom. The van der Waals surface area contributed by atoms with Crippen LogP contribution in [0.15, 0.2) is 48.5 Å². The van der Waals surface area contributed by atoms with Crippen LogP contribution in [0, 0.1) is 6.92 Å². The van der Waals surface area contributed by atoms with E-state index in [1.165, 1.54) is 0 Å². The third kappa shape index (κ3) is 5.99. The number of carbonyl (C=O) groups excluding carboxylic acids is 2. The highest BCUT2D eigenvalue weighted by atomic mass is 35.5. The fourth-order valence-electron chi connectivity index (χ4n) is 2.93. The molecule has 0 aliphatic carbocycles. The van der Waals surface area contributed by atoms with Crippen LogP contribution in [0.25, 0.3) is 0 Å². The minimum Gasteiger partial charge on any atom is -0.484 e. The molecule has 2 aromatic carbocycles. The Morgan fingerprint density at radius 3 is 2.46 bits per heavy atom. The maximum Gasteiger partial charge on any atom is 0.261 e. The molecule has 0 aliphatic rings. The van der Waals surface area contributed by atoms with Crippen LogP contribution in [0.5, 0.6) is 5.75 Å². The normalized spacial score (nSPS) is 11.6. The van der Waals surface area contributed by atoms with E-state index in [1.54, 1.807) is 23.1 Å². The first-order valence-corrected chi connectivity index (χ1v) is 9.84. The van der Waals surface area contributed by atoms with Gasteiger partial charge in [-0.2, -0.15) is 0 Å². The Hall–Kier alpha value is -2.53. The quantitative estimate of drug-likeness (QED) is 0.690. The highest BCUT2D eigenvalue weighted by molar-refractivity contribution is 6.31. The maximum absolute atomic E-state index is 13.0. The van der Waals surface area contributed by atoms with Crippen molar-refractivity contribution in [1.82, 2.24) is 10.2 Å². The van der Waals surface area contributed by atoms with Gasteiger partial charge in [-0.3, -0.25) is 9.59 Å². The summed E-state index contributed by atoms with van der Waals surface area (Å²) in [7, 11) is 0. The second-order valence-corrected chi connectivity index (χ2v) is 6.93. The molecule has 0 radical (unpaired) electrons. The summed E-state index contributed by atoms with van der Waals surface area (Å²) in [5.41, 5.74) is 1.84. The van der Waals surface area contributed by atoms with Gasteiger partial charge in [0.25, 0.3) is 5.91 Å². The van der Waals surface area contributed by atoms with Crippen molar-refractivity contribution in [2.24, 2.45) is 0 Å². The van der Waals surface area contributed by atoms with Gasteiger partial charge in [0, 0.05) is 18.1 Å². The molecule has 0 bridgehead atoms. The number of nitrogens with zero attached hydrogens (tertiary/aromatic N) is 1. The molecule has 0 saturated heterocycles. The minimum atomic E-state index is -0.553. The summed E-state index contributed by atoms with van der Waals surface area (Å²) in [5.74, 6) is 0.173. The lowest BCUT2D eigenvalue weighted by molar-refractivity contribution is -0.142. The number of hydrogen-bond acceptors (Lipinski definition) is 3. The molecule has 0 aliphatic heterocycles. The summed E-state index contributed by atoms with van der Waals surface area (Å²) < 4.78 is 5.68. The summed E-state index contributed by atoms with van der Waals surface area (Å²) in [6, 6.07) is 14.3. The molecule has 5 nitrogen and oxygen atoms in total. The van der Waals surface area contributed by atoms with E-state index < -0.39 is 6.04 Å². The van der Waals surface area contributed by atoms with Crippen LogP contribution < -0.4 is 10.1 Å². The molecule has 0 saturated carbocycles. The summed E-state index contributed by atoms with van der Waals surface area (Å²) in [6.45, 7) is 6.35. The summed E-state index contributed by atoms with van der Waals surface area (Å²) in [4.78, 5) is 27.1. The summed E-state index contributed by atoms with van der Waals surface area (Å²) in [6.07, 6.45) is 0.518. The molecule has 0 spiro atoms. The molecule has 0 unspecified atom stereocenters. The SMILES string of the molecule is CCNC(=O)[C@@H](CC)N(Cc1ccccc1)C(=O)COc1ccc(Cl)c(C)c1. The molecule has 2 amide bonds. The zero-order valence-corrected chi connectivity index (χ0v) is 17.3. The van der Waals surface area contributed by atoms with Crippen LogP contribution in [0.1, 0.15) is 31.4 Å². The molecule has 2 aromatic rings. The number of carbonyl (C=O) groups is 2. The zero-order valence-electron chi connectivity index (χ0n) is 16.6. The van der Waals surface area contributed by atoms with Gasteiger partial charge in [-0.05, 0) is 49.6 Å². The van der Waals surface area contributed by atoms with Crippen molar-refractivity contribution in [3.05, 3.63) is 64.7 Å². The van der Waals surface area contributed by atoms with Crippen LogP contribution in [0.4, 0.5) is 0 Å². The number of halogens is 1. The van der Waals surface area contributed by atoms with E-state index >= 15 is 0 Å². The van der Waals surface area contributed by atoms with E-state index in [9.17, 15) is 9.59 Å². The van der Waals surface area contributed by atoms with Crippen LogP contribution >= 0.6 is 11.6 Å². The van der Waals surface area contributed by atoms with Crippen LogP contribution in [0.3, 0.4) is 0 Å². The number of aryl methyl sites for hydroxylation is 1. The Morgan fingerprint density at radius 2 is 1.86 bits per heavy atom. The van der Waals surface area contributed by atoms with Crippen LogP contribution in [-0.4, -0.2) is 35.9 Å². The van der Waals surface area contributed by atoms with Crippen molar-refractivity contribution in [3.63, 3.8) is 0 Å². The predicted octanol–water partition coefficient (Wildman–Crippen LogP) is 3.97. The van der Waals surface area contributed by atoms with Gasteiger partial charge in [0.15, 0.2) is 6.61 Å². The second kappa shape index (κ2) is 10.7. The minimum absolute atomic E-state index is 0.149. The zero-order chi connectivity index (χ0) is 20.5. The number of hydrogen-bond donors (Lipinski definition) is 1. The maximum atomic E-state index is 13.0. The van der Waals surface area contributed by atoms with Gasteiger partial charge in [-0.1, -0.05) is 48.9 Å². The van der Waals surface area contributed by atoms with Gasteiger partial charge in [-0.25, -0.2) is 0 Å². The standard InChI is InChI=1S/C22H27ClN2O3/c1-4-20(22(27)24-5-2)25(14-17-9-7-6-8-10-17)21(26)15-28-18-11-12-19(23)16(3)13-18/h6-13,20H,4-5,14-15H2,1-3H3,(H,24,27)/t20-/m1/s1. The first-order chi connectivity index (χ1) is 13.5. The van der Waals surface area contributed by atoms with Crippen molar-refractivity contribution < 1.29 is 14.3 Å². The number of amides is 2. The van der Waals surface area contributed by atoms with Gasteiger partial charge in [0.2, 0.25) is 5.91 Å². The predicted molar refractivity (Wildman–Crippen MR) is 111 cm³/mol. The van der Waals surface area contributed by atoms with Gasteiger partial charge in [-0.15, -0.1) is 0 Å². The first kappa shape index (κ1) is 21.8. The highest BCUT2D eigenvalue weighted by Gasteiger charge is 2.28. The molecule has 6 heteroatoms. The average Bonchev–Trinajstić information content (AvgIpc) is 2.69. The topological polar surface area (TPSA) is 58.6 Å². The largest absolute Gasteiger partial charge is 0.484 e. The third-order valence-corrected chi connectivity index (χ3v) is 4.85. The number of benzene rings is 2. The van der Waals surface area contributed by atoms with Crippen LogP contribution in [-0.2, 0) is 16.1 Å². The smallest absolute Gasteiger partial charge is 0.261 e. The lowest BCUT2D eigenvalue weighted by Crippen LogP contribution is -2.50. The fourth-order valence-corrected chi connectivity index (χ4v) is 3.04. The molecule has 150 valence electrons. The molecule has 0 heterocycles.